The number of aliphatic hydroxyl groups is 1. The van der Waals surface area contributed by atoms with Crippen molar-refractivity contribution in [2.24, 2.45) is 0 Å². The third-order valence-corrected chi connectivity index (χ3v) is 3.58. The minimum atomic E-state index is -0.226. The van der Waals surface area contributed by atoms with Gasteiger partial charge in [0.2, 0.25) is 0 Å². The molecule has 20 heavy (non-hydrogen) atoms. The summed E-state index contributed by atoms with van der Waals surface area (Å²) in [6.45, 7) is 4.08. The van der Waals surface area contributed by atoms with E-state index in [-0.39, 0.29) is 12.1 Å². The summed E-state index contributed by atoms with van der Waals surface area (Å²) in [4.78, 5) is 2.13. The Morgan fingerprint density at radius 2 is 1.90 bits per heavy atom. The molecular weight excluding hydrogens is 252 g/mol. The predicted octanol–water partition coefficient (Wildman–Crippen LogP) is 1.53. The van der Waals surface area contributed by atoms with Gasteiger partial charge in [0.05, 0.1) is 13.7 Å². The Morgan fingerprint density at radius 1 is 1.25 bits per heavy atom. The molecule has 1 aromatic carbocycles. The number of hydrogen-bond acceptors (Lipinski definition) is 4. The number of aliphatic hydroxyl groups excluding tert-OH is 1. The summed E-state index contributed by atoms with van der Waals surface area (Å²) in [6.07, 6.45) is 1.85. The van der Waals surface area contributed by atoms with E-state index in [9.17, 15) is 5.11 Å². The maximum Gasteiger partial charge on any atom is 0.118 e. The van der Waals surface area contributed by atoms with E-state index in [1.165, 1.54) is 5.56 Å². The molecule has 0 fully saturated rings. The number of rotatable bonds is 9. The standard InChI is InChI=1S/C16H28N2O2/c1-16(13-19,17-11-12-18(2)3)10-9-14-5-7-15(20-4)8-6-14/h5-8,17,19H,9-13H2,1-4H3. The molecule has 1 aromatic rings. The van der Waals surface area contributed by atoms with E-state index in [4.69, 9.17) is 4.74 Å². The molecule has 1 rings (SSSR count). The molecule has 0 bridgehead atoms. The van der Waals surface area contributed by atoms with Crippen LogP contribution in [0.15, 0.2) is 24.3 Å². The maximum absolute atomic E-state index is 9.61. The van der Waals surface area contributed by atoms with Gasteiger partial charge in [-0.05, 0) is 51.6 Å². The number of likely N-dealkylation sites (N-methyl/N-ethyl adjacent to an activating group) is 1. The first-order chi connectivity index (χ1) is 9.49. The van der Waals surface area contributed by atoms with Gasteiger partial charge in [0.1, 0.15) is 5.75 Å². The number of ether oxygens (including phenoxy) is 1. The van der Waals surface area contributed by atoms with Gasteiger partial charge in [-0.3, -0.25) is 0 Å². The van der Waals surface area contributed by atoms with Crippen LogP contribution in [0.3, 0.4) is 0 Å². The second kappa shape index (κ2) is 8.25. The van der Waals surface area contributed by atoms with Crippen LogP contribution >= 0.6 is 0 Å². The molecule has 0 heterocycles. The lowest BCUT2D eigenvalue weighted by Crippen LogP contribution is -2.48. The van der Waals surface area contributed by atoms with Gasteiger partial charge in [-0.1, -0.05) is 12.1 Å². The van der Waals surface area contributed by atoms with Crippen molar-refractivity contribution in [1.29, 1.82) is 0 Å². The van der Waals surface area contributed by atoms with E-state index in [1.807, 2.05) is 12.1 Å². The summed E-state index contributed by atoms with van der Waals surface area (Å²) in [7, 11) is 5.77. The van der Waals surface area contributed by atoms with Crippen molar-refractivity contribution >= 4 is 0 Å². The van der Waals surface area contributed by atoms with Crippen molar-refractivity contribution in [3.63, 3.8) is 0 Å². The highest BCUT2D eigenvalue weighted by Gasteiger charge is 2.22. The number of benzene rings is 1. The lowest BCUT2D eigenvalue weighted by molar-refractivity contribution is 0.163. The molecule has 0 aliphatic carbocycles. The molecule has 0 spiro atoms. The minimum Gasteiger partial charge on any atom is -0.497 e. The van der Waals surface area contributed by atoms with Crippen molar-refractivity contribution in [1.82, 2.24) is 10.2 Å². The molecule has 0 amide bonds. The molecule has 4 nitrogen and oxygen atoms in total. The lowest BCUT2D eigenvalue weighted by Gasteiger charge is -2.29. The molecule has 0 aliphatic heterocycles. The number of aryl methyl sites for hydroxylation is 1. The van der Waals surface area contributed by atoms with Crippen LogP contribution in [-0.2, 0) is 6.42 Å². The third-order valence-electron chi connectivity index (χ3n) is 3.58. The second-order valence-electron chi connectivity index (χ2n) is 5.80. The number of hydrogen-bond donors (Lipinski definition) is 2. The fourth-order valence-corrected chi connectivity index (χ4v) is 2.02. The number of nitrogens with zero attached hydrogens (tertiary/aromatic N) is 1. The van der Waals surface area contributed by atoms with E-state index < -0.39 is 0 Å². The van der Waals surface area contributed by atoms with Crippen LogP contribution < -0.4 is 10.1 Å². The van der Waals surface area contributed by atoms with Crippen LogP contribution in [0.4, 0.5) is 0 Å². The Hall–Kier alpha value is -1.10. The minimum absolute atomic E-state index is 0.149. The second-order valence-corrected chi connectivity index (χ2v) is 5.80. The maximum atomic E-state index is 9.61. The molecule has 0 radical (unpaired) electrons. The van der Waals surface area contributed by atoms with E-state index in [1.54, 1.807) is 7.11 Å². The van der Waals surface area contributed by atoms with Crippen molar-refractivity contribution in [3.8, 4) is 5.75 Å². The highest BCUT2D eigenvalue weighted by Crippen LogP contribution is 2.16. The molecule has 0 saturated carbocycles. The Kier molecular flexibility index (Phi) is 6.99. The van der Waals surface area contributed by atoms with Crippen molar-refractivity contribution < 1.29 is 9.84 Å². The van der Waals surface area contributed by atoms with Crippen LogP contribution in [0.5, 0.6) is 5.75 Å². The average Bonchev–Trinajstić information content (AvgIpc) is 2.45. The summed E-state index contributed by atoms with van der Waals surface area (Å²) >= 11 is 0. The molecule has 0 aliphatic rings. The van der Waals surface area contributed by atoms with Gasteiger partial charge in [0.15, 0.2) is 0 Å². The van der Waals surface area contributed by atoms with Gasteiger partial charge >= 0.3 is 0 Å². The first-order valence-electron chi connectivity index (χ1n) is 7.12. The smallest absolute Gasteiger partial charge is 0.118 e. The zero-order valence-electron chi connectivity index (χ0n) is 13.1. The van der Waals surface area contributed by atoms with Crippen molar-refractivity contribution in [3.05, 3.63) is 29.8 Å². The Bertz CT molecular complexity index is 379. The number of methoxy groups -OCH3 is 1. The van der Waals surface area contributed by atoms with E-state index >= 15 is 0 Å². The highest BCUT2D eigenvalue weighted by atomic mass is 16.5. The molecule has 2 N–H and O–H groups in total. The summed E-state index contributed by atoms with van der Waals surface area (Å²) in [5.74, 6) is 0.878. The molecule has 0 aromatic heterocycles. The fourth-order valence-electron chi connectivity index (χ4n) is 2.02. The van der Waals surface area contributed by atoms with Crippen LogP contribution in [0.2, 0.25) is 0 Å². The first kappa shape index (κ1) is 17.0. The fraction of sp³-hybridized carbons (Fsp3) is 0.625. The molecule has 0 saturated heterocycles. The summed E-state index contributed by atoms with van der Waals surface area (Å²) in [5, 5.41) is 13.1. The topological polar surface area (TPSA) is 44.7 Å². The Labute approximate surface area is 122 Å². The summed E-state index contributed by atoms with van der Waals surface area (Å²) in [6, 6.07) is 8.11. The quantitative estimate of drug-likeness (QED) is 0.720. The normalized spacial score (nSPS) is 14.3. The van der Waals surface area contributed by atoms with Crippen LogP contribution in [0, 0.1) is 0 Å². The van der Waals surface area contributed by atoms with Crippen LogP contribution in [-0.4, -0.2) is 56.4 Å². The molecule has 1 unspecified atom stereocenters. The highest BCUT2D eigenvalue weighted by molar-refractivity contribution is 5.27. The van der Waals surface area contributed by atoms with Crippen LogP contribution in [0.25, 0.3) is 0 Å². The first-order valence-corrected chi connectivity index (χ1v) is 7.12. The Balaban J connectivity index is 2.45. The number of nitrogens with one attached hydrogen (secondary N) is 1. The summed E-state index contributed by atoms with van der Waals surface area (Å²) in [5.41, 5.74) is 1.04. The Morgan fingerprint density at radius 3 is 2.40 bits per heavy atom. The summed E-state index contributed by atoms with van der Waals surface area (Å²) < 4.78 is 5.15. The van der Waals surface area contributed by atoms with Gasteiger partial charge in [-0.25, -0.2) is 0 Å². The third kappa shape index (κ3) is 5.90. The van der Waals surface area contributed by atoms with E-state index in [0.717, 1.165) is 31.7 Å². The van der Waals surface area contributed by atoms with Gasteiger partial charge in [-0.15, -0.1) is 0 Å². The van der Waals surface area contributed by atoms with E-state index in [2.05, 4.69) is 43.4 Å². The molecule has 114 valence electrons. The molecule has 1 atom stereocenters. The van der Waals surface area contributed by atoms with Gasteiger partial charge < -0.3 is 20.1 Å². The van der Waals surface area contributed by atoms with Crippen molar-refractivity contribution in [2.45, 2.75) is 25.3 Å². The van der Waals surface area contributed by atoms with E-state index in [0.29, 0.717) is 0 Å². The predicted molar refractivity (Wildman–Crippen MR) is 83.4 cm³/mol. The lowest BCUT2D eigenvalue weighted by atomic mass is 9.94. The molecular formula is C16H28N2O2. The molecule has 4 heteroatoms. The largest absolute Gasteiger partial charge is 0.497 e. The monoisotopic (exact) mass is 280 g/mol. The van der Waals surface area contributed by atoms with Gasteiger partial charge in [0, 0.05) is 18.6 Å². The van der Waals surface area contributed by atoms with Gasteiger partial charge in [-0.2, -0.15) is 0 Å². The zero-order valence-corrected chi connectivity index (χ0v) is 13.1. The van der Waals surface area contributed by atoms with Crippen molar-refractivity contribution in [2.75, 3.05) is 40.9 Å². The van der Waals surface area contributed by atoms with Crippen LogP contribution in [0.1, 0.15) is 18.9 Å². The zero-order chi connectivity index (χ0) is 15.0. The van der Waals surface area contributed by atoms with Gasteiger partial charge in [0.25, 0.3) is 0 Å². The average molecular weight is 280 g/mol. The SMILES string of the molecule is COc1ccc(CCC(C)(CO)NCCN(C)C)cc1.